The highest BCUT2D eigenvalue weighted by Crippen LogP contribution is 2.33. The van der Waals surface area contributed by atoms with Crippen LogP contribution >= 0.6 is 0 Å². The van der Waals surface area contributed by atoms with Gasteiger partial charge < -0.3 is 19.9 Å². The van der Waals surface area contributed by atoms with Gasteiger partial charge in [-0.3, -0.25) is 19.2 Å². The second-order valence-electron chi connectivity index (χ2n) is 13.3. The molecule has 3 aromatic carbocycles. The summed E-state index contributed by atoms with van der Waals surface area (Å²) in [6.45, 7) is 7.46. The number of rotatable bonds is 13. The zero-order chi connectivity index (χ0) is 38.3. The molecule has 0 fully saturated rings. The molecule has 0 bridgehead atoms. The van der Waals surface area contributed by atoms with Crippen molar-refractivity contribution in [3.63, 3.8) is 0 Å². The third-order valence-corrected chi connectivity index (χ3v) is 8.22. The summed E-state index contributed by atoms with van der Waals surface area (Å²) >= 11 is 0. The molecule has 1 amide bonds. The Bertz CT molecular complexity index is 2070. The number of nitrogens with zero attached hydrogens (tertiary/aromatic N) is 4. The number of aromatic nitrogens is 3. The van der Waals surface area contributed by atoms with E-state index in [1.54, 1.807) is 98.7 Å². The Morgan fingerprint density at radius 1 is 1.00 bits per heavy atom. The number of halogens is 4. The van der Waals surface area contributed by atoms with Gasteiger partial charge in [-0.1, -0.05) is 24.3 Å². The lowest BCUT2D eigenvalue weighted by Gasteiger charge is -2.36. The molecule has 2 atom stereocenters. The van der Waals surface area contributed by atoms with Crippen molar-refractivity contribution in [2.45, 2.75) is 71.1 Å². The van der Waals surface area contributed by atoms with E-state index >= 15 is 0 Å². The maximum Gasteiger partial charge on any atom is 0.419 e. The predicted molar refractivity (Wildman–Crippen MR) is 191 cm³/mol. The van der Waals surface area contributed by atoms with Gasteiger partial charge in [0, 0.05) is 31.9 Å². The van der Waals surface area contributed by atoms with Crippen molar-refractivity contribution < 1.29 is 36.9 Å². The third-order valence-electron chi connectivity index (χ3n) is 8.22. The van der Waals surface area contributed by atoms with Crippen LogP contribution in [-0.2, 0) is 23.9 Å². The highest BCUT2D eigenvalue weighted by atomic mass is 19.4. The molecular formula is C39H41F4N5O5. The van der Waals surface area contributed by atoms with Crippen molar-refractivity contribution in [3.05, 3.63) is 130 Å². The Balaban J connectivity index is 1.67. The van der Waals surface area contributed by atoms with Gasteiger partial charge in [0.1, 0.15) is 29.2 Å². The van der Waals surface area contributed by atoms with Gasteiger partial charge in [-0.2, -0.15) is 13.2 Å². The summed E-state index contributed by atoms with van der Waals surface area (Å²) in [7, 11) is 0. The topological polar surface area (TPSA) is 119 Å². The number of hydrogen-bond acceptors (Lipinski definition) is 8. The summed E-state index contributed by atoms with van der Waals surface area (Å²) in [4.78, 5) is 37.9. The Labute approximate surface area is 304 Å². The number of pyridine rings is 1. The fraction of sp³-hybridized carbons (Fsp3) is 0.333. The van der Waals surface area contributed by atoms with E-state index in [4.69, 9.17) is 14.5 Å². The van der Waals surface area contributed by atoms with Crippen LogP contribution in [0.4, 0.5) is 22.4 Å². The zero-order valence-electron chi connectivity index (χ0n) is 29.7. The van der Waals surface area contributed by atoms with Crippen LogP contribution in [0.1, 0.15) is 62.7 Å². The van der Waals surface area contributed by atoms with Gasteiger partial charge in [0.15, 0.2) is 0 Å². The number of carbonyl (C=O) groups is 1. The molecule has 2 N–H and O–H groups in total. The third kappa shape index (κ3) is 9.96. The minimum Gasteiger partial charge on any atom is -0.494 e. The summed E-state index contributed by atoms with van der Waals surface area (Å²) in [6.07, 6.45) is -4.12. The molecule has 0 aliphatic rings. The van der Waals surface area contributed by atoms with Crippen molar-refractivity contribution in [1.82, 2.24) is 24.8 Å². The first-order valence-corrected chi connectivity index (χ1v) is 17.0. The van der Waals surface area contributed by atoms with E-state index in [9.17, 15) is 32.3 Å². The lowest BCUT2D eigenvalue weighted by Crippen LogP contribution is -2.43. The summed E-state index contributed by atoms with van der Waals surface area (Å²) in [5.41, 5.74) is -1.05. The monoisotopic (exact) mass is 735 g/mol. The summed E-state index contributed by atoms with van der Waals surface area (Å²) in [5.74, 6) is -0.694. The second-order valence-corrected chi connectivity index (χ2v) is 13.3. The molecule has 0 saturated heterocycles. The number of alkyl halides is 3. The number of ether oxygens (including phenoxy) is 2. The highest BCUT2D eigenvalue weighted by Gasteiger charge is 2.35. The maximum absolute atomic E-state index is 14.7. The maximum atomic E-state index is 14.7. The fourth-order valence-corrected chi connectivity index (χ4v) is 5.92. The van der Waals surface area contributed by atoms with E-state index in [1.807, 2.05) is 6.92 Å². The molecule has 0 saturated carbocycles. The first-order valence-electron chi connectivity index (χ1n) is 17.0. The lowest BCUT2D eigenvalue weighted by atomic mass is 10.0. The normalized spacial score (nSPS) is 13.2. The molecule has 2 heterocycles. The molecule has 14 heteroatoms. The first-order chi connectivity index (χ1) is 25.1. The lowest BCUT2D eigenvalue weighted by molar-refractivity contribution is -0.140. The smallest absolute Gasteiger partial charge is 0.419 e. The minimum atomic E-state index is -4.90. The number of hydrogen-bond donors (Lipinski definition) is 2. The van der Waals surface area contributed by atoms with Crippen LogP contribution in [0.3, 0.4) is 0 Å². The van der Waals surface area contributed by atoms with E-state index < -0.39 is 47.1 Å². The predicted octanol–water partition coefficient (Wildman–Crippen LogP) is 7.36. The molecule has 1 unspecified atom stereocenters. The molecule has 5 rings (SSSR count). The Morgan fingerprint density at radius 3 is 2.38 bits per heavy atom. The number of para-hydroxylation sites is 1. The van der Waals surface area contributed by atoms with E-state index in [0.717, 1.165) is 12.1 Å². The van der Waals surface area contributed by atoms with Crippen molar-refractivity contribution in [2.24, 2.45) is 0 Å². The van der Waals surface area contributed by atoms with Crippen LogP contribution in [0.5, 0.6) is 5.75 Å². The van der Waals surface area contributed by atoms with Gasteiger partial charge in [-0.25, -0.2) is 14.2 Å². The molecule has 0 spiro atoms. The fourth-order valence-electron chi connectivity index (χ4n) is 5.92. The van der Waals surface area contributed by atoms with E-state index in [0.29, 0.717) is 40.6 Å². The van der Waals surface area contributed by atoms with Gasteiger partial charge in [0.2, 0.25) is 0 Å². The van der Waals surface area contributed by atoms with Crippen molar-refractivity contribution in [2.75, 3.05) is 13.2 Å². The Kier molecular flexibility index (Phi) is 12.1. The molecule has 0 aliphatic carbocycles. The van der Waals surface area contributed by atoms with Gasteiger partial charge in [0.25, 0.3) is 5.56 Å². The number of alkyl carbamates (subject to hydrolysis) is 1. The van der Waals surface area contributed by atoms with E-state index in [1.165, 1.54) is 4.57 Å². The quantitative estimate of drug-likeness (QED) is 0.0952. The van der Waals surface area contributed by atoms with E-state index in [-0.39, 0.29) is 37.3 Å². The van der Waals surface area contributed by atoms with Crippen LogP contribution in [0.25, 0.3) is 16.6 Å². The SMILES string of the molecule is CCOc1ccc(-n2c([C@@H](CCNC(=O)OC(C)(C)C)N(Cc3cccnc3)C(O)Cc3ccc(C(F)(F)F)c(F)c3)nc3ccccc3c2=O)cc1. The summed E-state index contributed by atoms with van der Waals surface area (Å²) in [6, 6.07) is 18.7. The van der Waals surface area contributed by atoms with Gasteiger partial charge in [-0.05, 0) is 99.8 Å². The molecule has 0 radical (unpaired) electrons. The van der Waals surface area contributed by atoms with Crippen LogP contribution in [0.15, 0.2) is 96.1 Å². The average molecular weight is 736 g/mol. The number of aliphatic hydroxyl groups is 1. The van der Waals surface area contributed by atoms with Crippen LogP contribution < -0.4 is 15.6 Å². The number of fused-ring (bicyclic) bond motifs is 1. The number of amides is 1. The van der Waals surface area contributed by atoms with Crippen molar-refractivity contribution in [1.29, 1.82) is 0 Å². The van der Waals surface area contributed by atoms with E-state index in [2.05, 4.69) is 10.3 Å². The van der Waals surface area contributed by atoms with Gasteiger partial charge >= 0.3 is 12.3 Å². The number of nitrogens with one attached hydrogen (secondary N) is 1. The van der Waals surface area contributed by atoms with Gasteiger partial charge in [-0.15, -0.1) is 0 Å². The van der Waals surface area contributed by atoms with Crippen LogP contribution in [0.2, 0.25) is 0 Å². The summed E-state index contributed by atoms with van der Waals surface area (Å²) < 4.78 is 67.3. The molecule has 2 aromatic heterocycles. The second kappa shape index (κ2) is 16.6. The minimum absolute atomic E-state index is 0.00325. The molecule has 10 nitrogen and oxygen atoms in total. The zero-order valence-corrected chi connectivity index (χ0v) is 29.7. The highest BCUT2D eigenvalue weighted by molar-refractivity contribution is 5.78. The molecule has 0 aliphatic heterocycles. The van der Waals surface area contributed by atoms with Crippen LogP contribution in [-0.4, -0.2) is 55.6 Å². The largest absolute Gasteiger partial charge is 0.494 e. The first kappa shape index (κ1) is 38.9. The number of aliphatic hydroxyl groups excluding tert-OH is 1. The van der Waals surface area contributed by atoms with Gasteiger partial charge in [0.05, 0.1) is 34.8 Å². The summed E-state index contributed by atoms with van der Waals surface area (Å²) in [5, 5.41) is 15.1. The molecule has 53 heavy (non-hydrogen) atoms. The average Bonchev–Trinajstić information content (AvgIpc) is 3.09. The van der Waals surface area contributed by atoms with Crippen LogP contribution in [0, 0.1) is 5.82 Å². The Hall–Kier alpha value is -5.34. The molecule has 280 valence electrons. The molecular weight excluding hydrogens is 694 g/mol. The number of benzene rings is 3. The number of carbonyl (C=O) groups excluding carboxylic acids is 1. The Morgan fingerprint density at radius 2 is 1.74 bits per heavy atom. The standard InChI is InChI=1S/C39H41F4N5O5/c1-5-52-28-15-13-27(14-16-28)48-35(46-32-11-7-6-10-29(32)36(48)50)33(18-20-45-37(51)53-38(2,3)4)47(24-26-9-8-19-44-23-26)34(49)22-25-12-17-30(31(40)21-25)39(41,42)43/h6-17,19,21,23,33-34,49H,5,18,20,22,24H2,1-4H3,(H,45,51)/t33-,34?/m1/s1. The van der Waals surface area contributed by atoms with Crippen molar-refractivity contribution >= 4 is 17.0 Å². The van der Waals surface area contributed by atoms with Crippen molar-refractivity contribution in [3.8, 4) is 11.4 Å². The molecule has 5 aromatic rings.